The summed E-state index contributed by atoms with van der Waals surface area (Å²) in [6.45, 7) is 0.454. The van der Waals surface area contributed by atoms with Crippen molar-refractivity contribution in [2.45, 2.75) is 12.5 Å². The van der Waals surface area contributed by atoms with Crippen LogP contribution in [0.15, 0.2) is 72.8 Å². The van der Waals surface area contributed by atoms with E-state index in [1.165, 1.54) is 0 Å². The van der Waals surface area contributed by atoms with Crippen LogP contribution in [0.25, 0.3) is 0 Å². The number of carbonyl (C=O) groups excluding carboxylic acids is 2. The molecule has 5 nitrogen and oxygen atoms in total. The van der Waals surface area contributed by atoms with Gasteiger partial charge in [0.25, 0.3) is 5.91 Å². The molecule has 4 rings (SSSR count). The van der Waals surface area contributed by atoms with Crippen LogP contribution in [-0.4, -0.2) is 24.9 Å². The summed E-state index contributed by atoms with van der Waals surface area (Å²) < 4.78 is 11.2. The standard InChI is InChI=1S/C24H20ClNO4/c25-18-9-5-16(6-10-18)24(28)17-7-11-19(12-8-17)30-15-23(27)26-21-13-14-29-22-4-2-1-3-20(21)22/h1-12,21H,13-15H2,(H,26,27)/t21-/m0/s1. The second kappa shape index (κ2) is 9.01. The minimum atomic E-state index is -0.210. The summed E-state index contributed by atoms with van der Waals surface area (Å²) in [6, 6.07) is 21.1. The average Bonchev–Trinajstić information content (AvgIpc) is 2.78. The molecule has 0 aromatic heterocycles. The van der Waals surface area contributed by atoms with Crippen molar-refractivity contribution < 1.29 is 19.1 Å². The first-order valence-corrected chi connectivity index (χ1v) is 10.0. The Kier molecular flexibility index (Phi) is 6.00. The smallest absolute Gasteiger partial charge is 0.258 e. The lowest BCUT2D eigenvalue weighted by atomic mass is 10.0. The quantitative estimate of drug-likeness (QED) is 0.591. The molecule has 0 aliphatic carbocycles. The highest BCUT2D eigenvalue weighted by Gasteiger charge is 2.22. The molecule has 6 heteroatoms. The van der Waals surface area contributed by atoms with Crippen molar-refractivity contribution in [1.82, 2.24) is 5.32 Å². The van der Waals surface area contributed by atoms with Crippen molar-refractivity contribution in [3.63, 3.8) is 0 Å². The van der Waals surface area contributed by atoms with Crippen LogP contribution >= 0.6 is 11.6 Å². The third-order valence-corrected chi connectivity index (χ3v) is 5.14. The molecular formula is C24H20ClNO4. The number of hydrogen-bond acceptors (Lipinski definition) is 4. The normalized spacial score (nSPS) is 14.9. The molecule has 1 heterocycles. The van der Waals surface area contributed by atoms with E-state index in [0.29, 0.717) is 34.9 Å². The predicted molar refractivity (Wildman–Crippen MR) is 114 cm³/mol. The molecule has 0 bridgehead atoms. The van der Waals surface area contributed by atoms with Gasteiger partial charge in [0.1, 0.15) is 11.5 Å². The third kappa shape index (κ3) is 4.63. The number of para-hydroxylation sites is 1. The SMILES string of the molecule is O=C(COc1ccc(C(=O)c2ccc(Cl)cc2)cc1)N[C@H]1CCOc2ccccc21. The Morgan fingerprint density at radius 2 is 1.63 bits per heavy atom. The third-order valence-electron chi connectivity index (χ3n) is 4.89. The fourth-order valence-electron chi connectivity index (χ4n) is 3.35. The van der Waals surface area contributed by atoms with Crippen LogP contribution in [0.5, 0.6) is 11.5 Å². The van der Waals surface area contributed by atoms with Gasteiger partial charge >= 0.3 is 0 Å². The molecule has 0 saturated heterocycles. The maximum absolute atomic E-state index is 12.5. The molecule has 152 valence electrons. The Balaban J connectivity index is 1.33. The molecule has 0 fully saturated rings. The molecule has 0 saturated carbocycles. The van der Waals surface area contributed by atoms with Crippen LogP contribution in [0, 0.1) is 0 Å². The Bertz CT molecular complexity index is 1050. The molecule has 1 aliphatic rings. The van der Waals surface area contributed by atoms with Crippen molar-refractivity contribution >= 4 is 23.3 Å². The van der Waals surface area contributed by atoms with E-state index in [4.69, 9.17) is 21.1 Å². The van der Waals surface area contributed by atoms with E-state index in [0.717, 1.165) is 11.3 Å². The number of amides is 1. The van der Waals surface area contributed by atoms with E-state index in [-0.39, 0.29) is 24.3 Å². The van der Waals surface area contributed by atoms with Gasteiger partial charge in [-0.2, -0.15) is 0 Å². The number of ether oxygens (including phenoxy) is 2. The maximum Gasteiger partial charge on any atom is 0.258 e. The van der Waals surface area contributed by atoms with Gasteiger partial charge < -0.3 is 14.8 Å². The fraction of sp³-hybridized carbons (Fsp3) is 0.167. The first-order chi connectivity index (χ1) is 14.6. The lowest BCUT2D eigenvalue weighted by Gasteiger charge is -2.26. The van der Waals surface area contributed by atoms with Crippen LogP contribution in [0.4, 0.5) is 0 Å². The van der Waals surface area contributed by atoms with E-state index in [9.17, 15) is 9.59 Å². The monoisotopic (exact) mass is 421 g/mol. The molecule has 30 heavy (non-hydrogen) atoms. The highest BCUT2D eigenvalue weighted by Crippen LogP contribution is 2.31. The number of benzene rings is 3. The first kappa shape index (κ1) is 20.0. The molecule has 0 radical (unpaired) electrons. The summed E-state index contributed by atoms with van der Waals surface area (Å²) in [5.41, 5.74) is 2.07. The number of rotatable bonds is 6. The number of halogens is 1. The Labute approximate surface area is 179 Å². The topological polar surface area (TPSA) is 64.6 Å². The van der Waals surface area contributed by atoms with E-state index in [1.54, 1.807) is 48.5 Å². The van der Waals surface area contributed by atoms with Gasteiger partial charge in [-0.1, -0.05) is 29.8 Å². The molecule has 3 aromatic rings. The molecule has 0 unspecified atom stereocenters. The van der Waals surface area contributed by atoms with Gasteiger partial charge in [0, 0.05) is 28.1 Å². The van der Waals surface area contributed by atoms with Gasteiger partial charge in [-0.3, -0.25) is 9.59 Å². The molecule has 3 aromatic carbocycles. The van der Waals surface area contributed by atoms with Crippen LogP contribution < -0.4 is 14.8 Å². The van der Waals surface area contributed by atoms with E-state index in [1.807, 2.05) is 24.3 Å². The van der Waals surface area contributed by atoms with Crippen molar-refractivity contribution in [2.75, 3.05) is 13.2 Å². The Hall–Kier alpha value is -3.31. The summed E-state index contributed by atoms with van der Waals surface area (Å²) in [5.74, 6) is 1.01. The van der Waals surface area contributed by atoms with Gasteiger partial charge in [0.15, 0.2) is 12.4 Å². The van der Waals surface area contributed by atoms with Crippen molar-refractivity contribution in [1.29, 1.82) is 0 Å². The Morgan fingerprint density at radius 3 is 2.37 bits per heavy atom. The van der Waals surface area contributed by atoms with Gasteiger partial charge in [-0.15, -0.1) is 0 Å². The minimum absolute atomic E-state index is 0.0922. The zero-order valence-electron chi connectivity index (χ0n) is 16.1. The van der Waals surface area contributed by atoms with Crippen LogP contribution in [0.2, 0.25) is 5.02 Å². The second-order valence-corrected chi connectivity index (χ2v) is 7.38. The van der Waals surface area contributed by atoms with Gasteiger partial charge in [0.2, 0.25) is 0 Å². The number of ketones is 1. The van der Waals surface area contributed by atoms with Crippen LogP contribution in [0.1, 0.15) is 33.9 Å². The summed E-state index contributed by atoms with van der Waals surface area (Å²) in [5, 5.41) is 3.57. The van der Waals surface area contributed by atoms with Crippen molar-refractivity contribution in [2.24, 2.45) is 0 Å². The Morgan fingerprint density at radius 1 is 0.967 bits per heavy atom. The van der Waals surface area contributed by atoms with Crippen molar-refractivity contribution in [3.8, 4) is 11.5 Å². The summed E-state index contributed by atoms with van der Waals surface area (Å²) >= 11 is 5.86. The first-order valence-electron chi connectivity index (χ1n) is 9.64. The lowest BCUT2D eigenvalue weighted by Crippen LogP contribution is -2.35. The number of fused-ring (bicyclic) bond motifs is 1. The molecule has 1 aliphatic heterocycles. The average molecular weight is 422 g/mol. The minimum Gasteiger partial charge on any atom is -0.493 e. The van der Waals surface area contributed by atoms with Gasteiger partial charge in [0.05, 0.1) is 12.6 Å². The molecule has 0 spiro atoms. The molecular weight excluding hydrogens is 402 g/mol. The highest BCUT2D eigenvalue weighted by molar-refractivity contribution is 6.30. The number of carbonyl (C=O) groups is 2. The predicted octanol–water partition coefficient (Wildman–Crippen LogP) is 4.59. The molecule has 1 atom stereocenters. The molecule has 1 N–H and O–H groups in total. The highest BCUT2D eigenvalue weighted by atomic mass is 35.5. The zero-order valence-corrected chi connectivity index (χ0v) is 16.9. The van der Waals surface area contributed by atoms with E-state index in [2.05, 4.69) is 5.32 Å². The van der Waals surface area contributed by atoms with Gasteiger partial charge in [-0.05, 0) is 54.6 Å². The van der Waals surface area contributed by atoms with E-state index < -0.39 is 0 Å². The molecule has 1 amide bonds. The lowest BCUT2D eigenvalue weighted by molar-refractivity contribution is -0.124. The maximum atomic E-state index is 12.5. The second-order valence-electron chi connectivity index (χ2n) is 6.94. The summed E-state index contributed by atoms with van der Waals surface area (Å²) in [6.07, 6.45) is 0.713. The largest absolute Gasteiger partial charge is 0.493 e. The number of nitrogens with one attached hydrogen (secondary N) is 1. The zero-order chi connectivity index (χ0) is 20.9. The van der Waals surface area contributed by atoms with Crippen molar-refractivity contribution in [3.05, 3.63) is 94.5 Å². The number of hydrogen-bond donors (Lipinski definition) is 1. The van der Waals surface area contributed by atoms with E-state index >= 15 is 0 Å². The summed E-state index contributed by atoms with van der Waals surface area (Å²) in [4.78, 5) is 24.8. The fourth-order valence-corrected chi connectivity index (χ4v) is 3.47. The summed E-state index contributed by atoms with van der Waals surface area (Å²) in [7, 11) is 0. The van der Waals surface area contributed by atoms with Gasteiger partial charge in [-0.25, -0.2) is 0 Å². The van der Waals surface area contributed by atoms with Crippen LogP contribution in [-0.2, 0) is 4.79 Å². The van der Waals surface area contributed by atoms with Crippen LogP contribution in [0.3, 0.4) is 0 Å².